The predicted octanol–water partition coefficient (Wildman–Crippen LogP) is 3.27. The van der Waals surface area contributed by atoms with Gasteiger partial charge in [-0.2, -0.15) is 0 Å². The van der Waals surface area contributed by atoms with Gasteiger partial charge in [0.15, 0.2) is 0 Å². The molecule has 0 fully saturated rings. The second kappa shape index (κ2) is 8.25. The number of ether oxygens (including phenoxy) is 1. The summed E-state index contributed by atoms with van der Waals surface area (Å²) in [6, 6.07) is 11.4. The highest BCUT2D eigenvalue weighted by molar-refractivity contribution is 7.16. The summed E-state index contributed by atoms with van der Waals surface area (Å²) >= 11 is 1.25. The molecule has 1 heterocycles. The van der Waals surface area contributed by atoms with Gasteiger partial charge in [0, 0.05) is 22.9 Å². The minimum Gasteiger partial charge on any atom is -0.478 e. The van der Waals surface area contributed by atoms with Gasteiger partial charge in [-0.3, -0.25) is 4.79 Å². The van der Waals surface area contributed by atoms with Crippen LogP contribution in [0.3, 0.4) is 0 Å². The fourth-order valence-electron chi connectivity index (χ4n) is 2.18. The normalized spacial score (nSPS) is 11.9. The molecule has 130 valence electrons. The monoisotopic (exact) mass is 359 g/mol. The molecule has 2 rings (SSSR count). The fourth-order valence-corrected chi connectivity index (χ4v) is 3.31. The summed E-state index contributed by atoms with van der Waals surface area (Å²) in [5.74, 6) is -2.41. The van der Waals surface area contributed by atoms with Gasteiger partial charge in [-0.15, -0.1) is 11.3 Å². The molecule has 1 aromatic carbocycles. The van der Waals surface area contributed by atoms with Crippen molar-refractivity contribution in [2.45, 2.75) is 12.8 Å². The van der Waals surface area contributed by atoms with Crippen LogP contribution in [0.25, 0.3) is 0 Å². The van der Waals surface area contributed by atoms with E-state index >= 15 is 0 Å². The Morgan fingerprint density at radius 1 is 1.20 bits per heavy atom. The lowest BCUT2D eigenvalue weighted by Crippen LogP contribution is -2.11. The van der Waals surface area contributed by atoms with Gasteiger partial charge in [0.05, 0.1) is 12.7 Å². The fraction of sp³-hybridized carbons (Fsp3) is 0.167. The van der Waals surface area contributed by atoms with Gasteiger partial charge in [0.2, 0.25) is 5.91 Å². The molecule has 6 nitrogen and oxygen atoms in total. The third-order valence-electron chi connectivity index (χ3n) is 3.50. The number of carboxylic acid groups (broad SMARTS) is 1. The molecule has 25 heavy (non-hydrogen) atoms. The first-order valence-electron chi connectivity index (χ1n) is 7.41. The largest absolute Gasteiger partial charge is 0.478 e. The summed E-state index contributed by atoms with van der Waals surface area (Å²) in [7, 11) is 1.26. The highest BCUT2D eigenvalue weighted by Crippen LogP contribution is 2.36. The lowest BCUT2D eigenvalue weighted by molar-refractivity contribution is -0.131. The molecular formula is C18H17NO5S. The maximum Gasteiger partial charge on any atom is 0.340 e. The van der Waals surface area contributed by atoms with Crippen LogP contribution in [0.4, 0.5) is 5.00 Å². The molecular weight excluding hydrogens is 342 g/mol. The predicted molar refractivity (Wildman–Crippen MR) is 95.0 cm³/mol. The third kappa shape index (κ3) is 4.77. The molecule has 0 aliphatic rings. The number of methoxy groups -OCH3 is 1. The first-order valence-corrected chi connectivity index (χ1v) is 8.23. The van der Waals surface area contributed by atoms with Crippen molar-refractivity contribution < 1.29 is 24.2 Å². The van der Waals surface area contributed by atoms with E-state index in [1.807, 2.05) is 37.3 Å². The lowest BCUT2D eigenvalue weighted by Gasteiger charge is -2.08. The molecule has 0 aliphatic carbocycles. The number of amides is 1. The molecule has 0 saturated carbocycles. The maximum atomic E-state index is 12.0. The van der Waals surface area contributed by atoms with Crippen LogP contribution in [-0.2, 0) is 14.3 Å². The molecule has 0 spiro atoms. The first-order chi connectivity index (χ1) is 11.9. The van der Waals surface area contributed by atoms with Crippen molar-refractivity contribution in [1.29, 1.82) is 0 Å². The summed E-state index contributed by atoms with van der Waals surface area (Å²) in [6.45, 7) is 2.00. The molecule has 2 N–H and O–H groups in total. The highest BCUT2D eigenvalue weighted by Gasteiger charge is 2.21. The van der Waals surface area contributed by atoms with Crippen molar-refractivity contribution in [3.8, 4) is 0 Å². The Balaban J connectivity index is 2.32. The summed E-state index contributed by atoms with van der Waals surface area (Å²) in [5.41, 5.74) is 1.31. The van der Waals surface area contributed by atoms with Crippen LogP contribution in [0, 0.1) is 0 Å². The number of nitrogens with one attached hydrogen (secondary N) is 1. The average Bonchev–Trinajstić information content (AvgIpc) is 3.03. The van der Waals surface area contributed by atoms with Crippen LogP contribution in [-0.4, -0.2) is 30.1 Å². The summed E-state index contributed by atoms with van der Waals surface area (Å²) in [6.07, 6.45) is 1.62. The van der Waals surface area contributed by atoms with Crippen LogP contribution in [0.15, 0.2) is 48.6 Å². The SMILES string of the molecule is COC(=O)c1cc([C@H](C)c2ccccc2)sc1NC(=O)/C=C/C(=O)O. The lowest BCUT2D eigenvalue weighted by atomic mass is 9.99. The van der Waals surface area contributed by atoms with Gasteiger partial charge in [-0.25, -0.2) is 9.59 Å². The van der Waals surface area contributed by atoms with Crippen molar-refractivity contribution in [3.05, 3.63) is 64.6 Å². The summed E-state index contributed by atoms with van der Waals surface area (Å²) < 4.78 is 4.76. The van der Waals surface area contributed by atoms with Crippen molar-refractivity contribution in [2.75, 3.05) is 12.4 Å². The van der Waals surface area contributed by atoms with Crippen molar-refractivity contribution in [2.24, 2.45) is 0 Å². The van der Waals surface area contributed by atoms with Crippen LogP contribution >= 0.6 is 11.3 Å². The number of anilines is 1. The van der Waals surface area contributed by atoms with E-state index in [2.05, 4.69) is 5.32 Å². The van der Waals surface area contributed by atoms with E-state index in [-0.39, 0.29) is 11.5 Å². The third-order valence-corrected chi connectivity index (χ3v) is 4.73. The summed E-state index contributed by atoms with van der Waals surface area (Å²) in [5, 5.41) is 11.4. The van der Waals surface area contributed by atoms with Gasteiger partial charge in [0.25, 0.3) is 0 Å². The molecule has 0 aliphatic heterocycles. The molecule has 1 amide bonds. The van der Waals surface area contributed by atoms with Gasteiger partial charge in [0.1, 0.15) is 5.00 Å². The number of carboxylic acids is 1. The van der Waals surface area contributed by atoms with Gasteiger partial charge >= 0.3 is 11.9 Å². The van der Waals surface area contributed by atoms with Gasteiger partial charge in [-0.05, 0) is 11.6 Å². The Bertz CT molecular complexity index is 810. The number of aliphatic carboxylic acids is 1. The zero-order valence-corrected chi connectivity index (χ0v) is 14.5. The number of esters is 1. The van der Waals surface area contributed by atoms with E-state index in [1.54, 1.807) is 6.07 Å². The minimum absolute atomic E-state index is 0.0230. The number of carbonyl (C=O) groups is 3. The Morgan fingerprint density at radius 2 is 1.88 bits per heavy atom. The number of hydrogen-bond acceptors (Lipinski definition) is 5. The zero-order chi connectivity index (χ0) is 18.4. The highest BCUT2D eigenvalue weighted by atomic mass is 32.1. The number of thiophene rings is 1. The number of hydrogen-bond donors (Lipinski definition) is 2. The van der Waals surface area contributed by atoms with Crippen LogP contribution < -0.4 is 5.32 Å². The second-order valence-electron chi connectivity index (χ2n) is 5.18. The Kier molecular flexibility index (Phi) is 6.08. The van der Waals surface area contributed by atoms with Crippen molar-refractivity contribution in [1.82, 2.24) is 0 Å². The molecule has 0 bridgehead atoms. The van der Waals surface area contributed by atoms with Crippen molar-refractivity contribution >= 4 is 34.2 Å². The van der Waals surface area contributed by atoms with Crippen molar-refractivity contribution in [3.63, 3.8) is 0 Å². The topological polar surface area (TPSA) is 92.7 Å². The van der Waals surface area contributed by atoms with E-state index in [0.29, 0.717) is 5.00 Å². The molecule has 0 radical (unpaired) electrons. The quantitative estimate of drug-likeness (QED) is 0.610. The summed E-state index contributed by atoms with van der Waals surface area (Å²) in [4.78, 5) is 35.2. The molecule has 2 aromatic rings. The second-order valence-corrected chi connectivity index (χ2v) is 6.26. The molecule has 7 heteroatoms. The Labute approximate surface area is 148 Å². The zero-order valence-electron chi connectivity index (χ0n) is 13.7. The van der Waals surface area contributed by atoms with Crippen LogP contribution in [0.5, 0.6) is 0 Å². The van der Waals surface area contributed by atoms with E-state index in [0.717, 1.165) is 22.6 Å². The van der Waals surface area contributed by atoms with E-state index in [1.165, 1.54) is 18.4 Å². The number of rotatable bonds is 6. The van der Waals surface area contributed by atoms with E-state index in [4.69, 9.17) is 9.84 Å². The van der Waals surface area contributed by atoms with Gasteiger partial charge < -0.3 is 15.2 Å². The van der Waals surface area contributed by atoms with Crippen LogP contribution in [0.1, 0.15) is 33.6 Å². The Hall–Kier alpha value is -2.93. The average molecular weight is 359 g/mol. The standard InChI is InChI=1S/C18H17NO5S/c1-11(12-6-4-3-5-7-12)14-10-13(18(23)24-2)17(25-14)19-15(20)8-9-16(21)22/h3-11H,1-2H3,(H,19,20)(H,21,22)/b9-8+/t11-/m1/s1. The minimum atomic E-state index is -1.23. The number of carbonyl (C=O) groups excluding carboxylic acids is 2. The smallest absolute Gasteiger partial charge is 0.340 e. The molecule has 0 unspecified atom stereocenters. The van der Waals surface area contributed by atoms with Gasteiger partial charge in [-0.1, -0.05) is 37.3 Å². The Morgan fingerprint density at radius 3 is 2.48 bits per heavy atom. The first kappa shape index (κ1) is 18.4. The maximum absolute atomic E-state index is 12.0. The van der Waals surface area contributed by atoms with Crippen LogP contribution in [0.2, 0.25) is 0 Å². The molecule has 0 saturated heterocycles. The van der Waals surface area contributed by atoms with E-state index < -0.39 is 17.8 Å². The molecule has 1 atom stereocenters. The molecule has 1 aromatic heterocycles. The van der Waals surface area contributed by atoms with E-state index in [9.17, 15) is 14.4 Å². The number of benzene rings is 1.